The average Bonchev–Trinajstić information content (AvgIpc) is 2.73. The molecule has 0 spiro atoms. The molecule has 0 N–H and O–H groups in total. The molecule has 214 valence electrons. The van der Waals surface area contributed by atoms with Gasteiger partial charge in [-0.1, -0.05) is 65.8 Å². The topological polar surface area (TPSA) is 18.5 Å². The SMILES string of the molecule is CC(C)(C)[Si](C)(C)O[C@H](c1ccc(C(F)(F)F)cc1)[C@@H](O[Si](C)(C)C(C)(C)C)c1ccc(C(F)(F)F)cc1. The van der Waals surface area contributed by atoms with E-state index in [2.05, 4.69) is 0 Å². The summed E-state index contributed by atoms with van der Waals surface area (Å²) in [4.78, 5) is 0. The van der Waals surface area contributed by atoms with E-state index in [-0.39, 0.29) is 10.1 Å². The van der Waals surface area contributed by atoms with Gasteiger partial charge in [-0.25, -0.2) is 0 Å². The Hall–Kier alpha value is -1.63. The van der Waals surface area contributed by atoms with E-state index < -0.39 is 52.3 Å². The highest BCUT2D eigenvalue weighted by atomic mass is 28.4. The lowest BCUT2D eigenvalue weighted by atomic mass is 9.96. The molecule has 0 bridgehead atoms. The normalized spacial score (nSPS) is 15.9. The Morgan fingerprint density at radius 1 is 0.500 bits per heavy atom. The van der Waals surface area contributed by atoms with Gasteiger partial charge in [0.15, 0.2) is 16.6 Å². The minimum absolute atomic E-state index is 0.237. The summed E-state index contributed by atoms with van der Waals surface area (Å²) in [5.41, 5.74) is -0.620. The molecule has 2 atom stereocenters. The van der Waals surface area contributed by atoms with Gasteiger partial charge in [-0.15, -0.1) is 0 Å². The zero-order valence-electron chi connectivity index (χ0n) is 23.9. The monoisotopic (exact) mass is 578 g/mol. The largest absolute Gasteiger partial charge is 0.416 e. The first-order chi connectivity index (χ1) is 16.9. The molecule has 2 aromatic rings. The Balaban J connectivity index is 2.76. The highest BCUT2D eigenvalue weighted by Crippen LogP contribution is 2.48. The number of hydrogen-bond donors (Lipinski definition) is 0. The van der Waals surface area contributed by atoms with Crippen molar-refractivity contribution >= 4 is 16.6 Å². The molecule has 0 saturated carbocycles. The molecule has 2 aromatic carbocycles. The van der Waals surface area contributed by atoms with E-state index in [1.807, 2.05) is 67.7 Å². The van der Waals surface area contributed by atoms with Crippen molar-refractivity contribution in [2.45, 2.75) is 102 Å². The molecule has 10 heteroatoms. The highest BCUT2D eigenvalue weighted by molar-refractivity contribution is 6.74. The predicted octanol–water partition coefficient (Wildman–Crippen LogP) is 10.6. The van der Waals surface area contributed by atoms with Crippen LogP contribution in [-0.4, -0.2) is 16.6 Å². The van der Waals surface area contributed by atoms with E-state index in [0.717, 1.165) is 24.3 Å². The fraction of sp³-hybridized carbons (Fsp3) is 0.571. The van der Waals surface area contributed by atoms with Gasteiger partial charge in [0.1, 0.15) is 0 Å². The average molecular weight is 579 g/mol. The number of rotatable bonds is 7. The van der Waals surface area contributed by atoms with E-state index >= 15 is 0 Å². The molecule has 0 aliphatic heterocycles. The molecule has 0 radical (unpaired) electrons. The molecule has 2 nitrogen and oxygen atoms in total. The molecule has 0 amide bonds. The van der Waals surface area contributed by atoms with Gasteiger partial charge in [0.25, 0.3) is 0 Å². The van der Waals surface area contributed by atoms with Gasteiger partial charge in [-0.3, -0.25) is 0 Å². The lowest BCUT2D eigenvalue weighted by Gasteiger charge is -2.45. The van der Waals surface area contributed by atoms with Crippen LogP contribution in [0.4, 0.5) is 26.3 Å². The van der Waals surface area contributed by atoms with Gasteiger partial charge in [0.05, 0.1) is 23.3 Å². The first-order valence-corrected chi connectivity index (χ1v) is 18.4. The van der Waals surface area contributed by atoms with Crippen LogP contribution < -0.4 is 0 Å². The Bertz CT molecular complexity index is 974. The third kappa shape index (κ3) is 7.73. The van der Waals surface area contributed by atoms with E-state index in [1.54, 1.807) is 0 Å². The molecule has 38 heavy (non-hydrogen) atoms. The van der Waals surface area contributed by atoms with Crippen molar-refractivity contribution in [3.05, 3.63) is 70.8 Å². The summed E-state index contributed by atoms with van der Waals surface area (Å²) < 4.78 is 93.6. The summed E-state index contributed by atoms with van der Waals surface area (Å²) in [7, 11) is -5.05. The fourth-order valence-electron chi connectivity index (χ4n) is 3.32. The second-order valence-corrected chi connectivity index (χ2v) is 22.3. The second-order valence-electron chi connectivity index (χ2n) is 12.8. The summed E-state index contributed by atoms with van der Waals surface area (Å²) in [6, 6.07) is 9.56. The third-order valence-electron chi connectivity index (χ3n) is 7.86. The number of halogens is 6. The molecule has 0 unspecified atom stereocenters. The Labute approximate surface area is 225 Å². The quantitative estimate of drug-likeness (QED) is 0.240. The van der Waals surface area contributed by atoms with Crippen LogP contribution in [0.25, 0.3) is 0 Å². The number of alkyl halides is 6. The van der Waals surface area contributed by atoms with Crippen molar-refractivity contribution < 1.29 is 35.2 Å². The smallest absolute Gasteiger partial charge is 0.407 e. The summed E-state index contributed by atoms with van der Waals surface area (Å²) in [6.45, 7) is 20.4. The highest BCUT2D eigenvalue weighted by Gasteiger charge is 2.46. The summed E-state index contributed by atoms with van der Waals surface area (Å²) in [6.07, 6.45) is -10.7. The molecule has 0 fully saturated rings. The van der Waals surface area contributed by atoms with E-state index in [1.165, 1.54) is 24.3 Å². The molecule has 0 aromatic heterocycles. The first-order valence-electron chi connectivity index (χ1n) is 12.6. The Morgan fingerprint density at radius 2 is 0.737 bits per heavy atom. The summed E-state index contributed by atoms with van der Waals surface area (Å²) in [5, 5.41) is -0.475. The van der Waals surface area contributed by atoms with Gasteiger partial charge in [-0.05, 0) is 71.7 Å². The van der Waals surface area contributed by atoms with Crippen molar-refractivity contribution in [2.75, 3.05) is 0 Å². The molecule has 0 aliphatic carbocycles. The van der Waals surface area contributed by atoms with Crippen LogP contribution in [0.3, 0.4) is 0 Å². The van der Waals surface area contributed by atoms with Crippen LogP contribution in [0, 0.1) is 0 Å². The standard InChI is InChI=1S/C28H40F6O2Si2/c1-25(2,3)37(7,8)35-23(19-11-15-21(16-12-19)27(29,30)31)24(36-38(9,10)26(4,5)6)20-13-17-22(18-14-20)28(32,33)34/h11-18,23-24H,1-10H3/t23-,24+. The van der Waals surface area contributed by atoms with Crippen LogP contribution in [0.15, 0.2) is 48.5 Å². The van der Waals surface area contributed by atoms with E-state index in [9.17, 15) is 26.3 Å². The Kier molecular flexibility index (Phi) is 9.21. The first kappa shape index (κ1) is 32.6. The minimum atomic E-state index is -4.50. The molecular weight excluding hydrogens is 538 g/mol. The fourth-order valence-corrected chi connectivity index (χ4v) is 5.82. The van der Waals surface area contributed by atoms with Crippen molar-refractivity contribution in [1.82, 2.24) is 0 Å². The van der Waals surface area contributed by atoms with E-state index in [0.29, 0.717) is 11.1 Å². The van der Waals surface area contributed by atoms with Crippen molar-refractivity contribution in [3.63, 3.8) is 0 Å². The lowest BCUT2D eigenvalue weighted by molar-refractivity contribution is -0.138. The number of benzene rings is 2. The maximum atomic E-state index is 13.3. The molecule has 2 rings (SSSR count). The minimum Gasteiger partial charge on any atom is -0.407 e. The summed E-state index contributed by atoms with van der Waals surface area (Å²) in [5.74, 6) is 0. The van der Waals surface area contributed by atoms with Crippen LogP contribution in [0.2, 0.25) is 36.3 Å². The maximum absolute atomic E-state index is 13.3. The number of hydrogen-bond acceptors (Lipinski definition) is 2. The molecule has 0 aliphatic rings. The lowest BCUT2D eigenvalue weighted by Crippen LogP contribution is -2.46. The van der Waals surface area contributed by atoms with Gasteiger partial charge >= 0.3 is 12.4 Å². The van der Waals surface area contributed by atoms with Gasteiger partial charge in [0, 0.05) is 0 Å². The third-order valence-corrected chi connectivity index (χ3v) is 16.8. The predicted molar refractivity (Wildman–Crippen MR) is 145 cm³/mol. The van der Waals surface area contributed by atoms with Crippen LogP contribution in [0.1, 0.15) is 76.0 Å². The molecule has 0 heterocycles. The van der Waals surface area contributed by atoms with Crippen LogP contribution in [-0.2, 0) is 21.2 Å². The van der Waals surface area contributed by atoms with Crippen molar-refractivity contribution in [1.29, 1.82) is 0 Å². The zero-order valence-corrected chi connectivity index (χ0v) is 25.9. The molecule has 0 saturated heterocycles. The van der Waals surface area contributed by atoms with Gasteiger partial charge < -0.3 is 8.85 Å². The summed E-state index contributed by atoms with van der Waals surface area (Å²) >= 11 is 0. The van der Waals surface area contributed by atoms with Crippen molar-refractivity contribution in [2.24, 2.45) is 0 Å². The van der Waals surface area contributed by atoms with Gasteiger partial charge in [-0.2, -0.15) is 26.3 Å². The second kappa shape index (κ2) is 10.7. The van der Waals surface area contributed by atoms with E-state index in [4.69, 9.17) is 8.85 Å². The van der Waals surface area contributed by atoms with Gasteiger partial charge in [0.2, 0.25) is 0 Å². The van der Waals surface area contributed by atoms with Crippen LogP contribution >= 0.6 is 0 Å². The zero-order chi connectivity index (χ0) is 29.5. The maximum Gasteiger partial charge on any atom is 0.416 e. The Morgan fingerprint density at radius 3 is 0.921 bits per heavy atom. The van der Waals surface area contributed by atoms with Crippen LogP contribution in [0.5, 0.6) is 0 Å². The van der Waals surface area contributed by atoms with Crippen molar-refractivity contribution in [3.8, 4) is 0 Å². The molecular formula is C28H40F6O2Si2.